The maximum atomic E-state index is 5.64. The number of rotatable bonds is 2. The zero-order valence-corrected chi connectivity index (χ0v) is 8.87. The van der Waals surface area contributed by atoms with Crippen LogP contribution in [-0.4, -0.2) is 32.3 Å². The highest BCUT2D eigenvalue weighted by molar-refractivity contribution is 4.83. The van der Waals surface area contributed by atoms with E-state index in [2.05, 4.69) is 5.32 Å². The smallest absolute Gasteiger partial charge is 0.0468 e. The van der Waals surface area contributed by atoms with Gasteiger partial charge in [0.1, 0.15) is 0 Å². The molecule has 3 nitrogen and oxygen atoms in total. The SMILES string of the molecule is NCC1CCC(C2CCOCC2)CN1. The third-order valence-corrected chi connectivity index (χ3v) is 3.77. The lowest BCUT2D eigenvalue weighted by Crippen LogP contribution is -2.45. The molecule has 0 aromatic rings. The molecule has 2 fully saturated rings. The van der Waals surface area contributed by atoms with Crippen molar-refractivity contribution in [3.8, 4) is 0 Å². The third kappa shape index (κ3) is 2.47. The van der Waals surface area contributed by atoms with Crippen LogP contribution in [0.3, 0.4) is 0 Å². The maximum Gasteiger partial charge on any atom is 0.0468 e. The van der Waals surface area contributed by atoms with Crippen molar-refractivity contribution in [3.05, 3.63) is 0 Å². The van der Waals surface area contributed by atoms with Gasteiger partial charge >= 0.3 is 0 Å². The number of hydrogen-bond donors (Lipinski definition) is 2. The van der Waals surface area contributed by atoms with E-state index in [0.717, 1.165) is 31.6 Å². The van der Waals surface area contributed by atoms with Crippen LogP contribution in [0, 0.1) is 11.8 Å². The van der Waals surface area contributed by atoms with Crippen molar-refractivity contribution in [3.63, 3.8) is 0 Å². The number of hydrogen-bond acceptors (Lipinski definition) is 3. The minimum atomic E-state index is 0.575. The summed E-state index contributed by atoms with van der Waals surface area (Å²) in [6, 6.07) is 0.575. The first-order chi connectivity index (χ1) is 6.90. The predicted molar refractivity (Wildman–Crippen MR) is 57.1 cm³/mol. The summed E-state index contributed by atoms with van der Waals surface area (Å²) in [7, 11) is 0. The molecule has 0 aromatic carbocycles. The van der Waals surface area contributed by atoms with Gasteiger partial charge in [0.15, 0.2) is 0 Å². The molecule has 2 aliphatic rings. The Balaban J connectivity index is 1.76. The Bertz CT molecular complexity index is 161. The van der Waals surface area contributed by atoms with Crippen molar-refractivity contribution in [1.29, 1.82) is 0 Å². The molecule has 0 saturated carbocycles. The van der Waals surface area contributed by atoms with Crippen molar-refractivity contribution in [2.24, 2.45) is 17.6 Å². The summed E-state index contributed by atoms with van der Waals surface area (Å²) < 4.78 is 5.39. The third-order valence-electron chi connectivity index (χ3n) is 3.77. The summed E-state index contributed by atoms with van der Waals surface area (Å²) in [4.78, 5) is 0. The zero-order chi connectivity index (χ0) is 9.80. The second-order valence-electron chi connectivity index (χ2n) is 4.63. The van der Waals surface area contributed by atoms with Crippen LogP contribution in [0.5, 0.6) is 0 Å². The van der Waals surface area contributed by atoms with Crippen molar-refractivity contribution in [2.75, 3.05) is 26.3 Å². The lowest BCUT2D eigenvalue weighted by Gasteiger charge is -2.36. The Morgan fingerprint density at radius 1 is 1.07 bits per heavy atom. The van der Waals surface area contributed by atoms with E-state index in [0.29, 0.717) is 6.04 Å². The van der Waals surface area contributed by atoms with Gasteiger partial charge in [-0.05, 0) is 44.1 Å². The van der Waals surface area contributed by atoms with E-state index >= 15 is 0 Å². The van der Waals surface area contributed by atoms with Crippen LogP contribution < -0.4 is 11.1 Å². The number of nitrogens with two attached hydrogens (primary N) is 1. The molecule has 2 saturated heterocycles. The normalized spacial score (nSPS) is 35.8. The molecule has 3 N–H and O–H groups in total. The van der Waals surface area contributed by atoms with Crippen molar-refractivity contribution in [2.45, 2.75) is 31.7 Å². The predicted octanol–water partition coefficient (Wildman–Crippen LogP) is 0.740. The Morgan fingerprint density at radius 3 is 2.43 bits per heavy atom. The molecule has 2 heterocycles. The summed E-state index contributed by atoms with van der Waals surface area (Å²) in [6.45, 7) is 3.91. The fourth-order valence-corrected chi connectivity index (χ4v) is 2.73. The van der Waals surface area contributed by atoms with Crippen LogP contribution in [-0.2, 0) is 4.74 Å². The first-order valence-electron chi connectivity index (χ1n) is 5.91. The minimum absolute atomic E-state index is 0.575. The fourth-order valence-electron chi connectivity index (χ4n) is 2.73. The summed E-state index contributed by atoms with van der Waals surface area (Å²) in [5.41, 5.74) is 5.64. The molecule has 14 heavy (non-hydrogen) atoms. The molecule has 2 aliphatic heterocycles. The molecule has 2 atom stereocenters. The van der Waals surface area contributed by atoms with Gasteiger partial charge < -0.3 is 15.8 Å². The van der Waals surface area contributed by atoms with Crippen LogP contribution >= 0.6 is 0 Å². The molecule has 2 unspecified atom stereocenters. The van der Waals surface area contributed by atoms with Gasteiger partial charge in [0.25, 0.3) is 0 Å². The standard InChI is InChI=1S/C11H22N2O/c12-7-11-2-1-10(8-13-11)9-3-5-14-6-4-9/h9-11,13H,1-8,12H2. The first-order valence-corrected chi connectivity index (χ1v) is 5.91. The Kier molecular flexibility index (Phi) is 3.79. The fraction of sp³-hybridized carbons (Fsp3) is 1.00. The Morgan fingerprint density at radius 2 is 1.86 bits per heavy atom. The maximum absolute atomic E-state index is 5.64. The highest BCUT2D eigenvalue weighted by Crippen LogP contribution is 2.29. The summed E-state index contributed by atoms with van der Waals surface area (Å²) >= 11 is 0. The van der Waals surface area contributed by atoms with E-state index in [9.17, 15) is 0 Å². The minimum Gasteiger partial charge on any atom is -0.381 e. The van der Waals surface area contributed by atoms with Gasteiger partial charge in [-0.3, -0.25) is 0 Å². The largest absolute Gasteiger partial charge is 0.381 e. The van der Waals surface area contributed by atoms with Crippen LogP contribution in [0.25, 0.3) is 0 Å². The Hall–Kier alpha value is -0.120. The van der Waals surface area contributed by atoms with Crippen LogP contribution in [0.1, 0.15) is 25.7 Å². The summed E-state index contributed by atoms with van der Waals surface area (Å²) in [5, 5.41) is 3.55. The molecule has 0 bridgehead atoms. The van der Waals surface area contributed by atoms with Crippen LogP contribution in [0.15, 0.2) is 0 Å². The lowest BCUT2D eigenvalue weighted by atomic mass is 9.80. The molecular weight excluding hydrogens is 176 g/mol. The van der Waals surface area contributed by atoms with E-state index in [1.165, 1.54) is 32.2 Å². The molecule has 0 spiro atoms. The number of nitrogens with one attached hydrogen (secondary N) is 1. The average Bonchev–Trinajstić information content (AvgIpc) is 2.30. The summed E-state index contributed by atoms with van der Waals surface area (Å²) in [6.07, 6.45) is 5.15. The first kappa shape index (κ1) is 10.4. The van der Waals surface area contributed by atoms with Crippen LogP contribution in [0.2, 0.25) is 0 Å². The lowest BCUT2D eigenvalue weighted by molar-refractivity contribution is 0.0396. The van der Waals surface area contributed by atoms with Crippen molar-refractivity contribution >= 4 is 0 Å². The molecule has 2 rings (SSSR count). The van der Waals surface area contributed by atoms with Crippen LogP contribution in [0.4, 0.5) is 0 Å². The number of piperidine rings is 1. The molecule has 82 valence electrons. The second kappa shape index (κ2) is 5.10. The zero-order valence-electron chi connectivity index (χ0n) is 8.87. The number of ether oxygens (including phenoxy) is 1. The van der Waals surface area contributed by atoms with Gasteiger partial charge in [-0.2, -0.15) is 0 Å². The molecule has 0 aliphatic carbocycles. The van der Waals surface area contributed by atoms with E-state index in [-0.39, 0.29) is 0 Å². The molecule has 0 amide bonds. The van der Waals surface area contributed by atoms with Gasteiger partial charge in [-0.25, -0.2) is 0 Å². The molecule has 3 heteroatoms. The molecular formula is C11H22N2O. The summed E-state index contributed by atoms with van der Waals surface area (Å²) in [5.74, 6) is 1.77. The van der Waals surface area contributed by atoms with E-state index < -0.39 is 0 Å². The molecule has 0 radical (unpaired) electrons. The quantitative estimate of drug-likeness (QED) is 0.688. The van der Waals surface area contributed by atoms with Gasteiger partial charge in [-0.1, -0.05) is 0 Å². The van der Waals surface area contributed by atoms with Gasteiger partial charge in [0.2, 0.25) is 0 Å². The van der Waals surface area contributed by atoms with Crippen molar-refractivity contribution in [1.82, 2.24) is 5.32 Å². The highest BCUT2D eigenvalue weighted by Gasteiger charge is 2.27. The second-order valence-corrected chi connectivity index (χ2v) is 4.63. The van der Waals surface area contributed by atoms with E-state index in [1.807, 2.05) is 0 Å². The van der Waals surface area contributed by atoms with Gasteiger partial charge in [0, 0.05) is 25.8 Å². The highest BCUT2D eigenvalue weighted by atomic mass is 16.5. The van der Waals surface area contributed by atoms with Gasteiger partial charge in [0.05, 0.1) is 0 Å². The average molecular weight is 198 g/mol. The van der Waals surface area contributed by atoms with Crippen molar-refractivity contribution < 1.29 is 4.74 Å². The molecule has 0 aromatic heterocycles. The topological polar surface area (TPSA) is 47.3 Å². The Labute approximate surface area is 86.4 Å². The van der Waals surface area contributed by atoms with E-state index in [4.69, 9.17) is 10.5 Å². The van der Waals surface area contributed by atoms with Gasteiger partial charge in [-0.15, -0.1) is 0 Å². The monoisotopic (exact) mass is 198 g/mol. The van der Waals surface area contributed by atoms with E-state index in [1.54, 1.807) is 0 Å².